The molecule has 0 bridgehead atoms. The highest BCUT2D eigenvalue weighted by molar-refractivity contribution is 6.05. The van der Waals surface area contributed by atoms with Crippen molar-refractivity contribution in [2.24, 2.45) is 5.92 Å². The van der Waals surface area contributed by atoms with Gasteiger partial charge in [0.15, 0.2) is 0 Å². The molecule has 0 amide bonds. The largest absolute Gasteiger partial charge is 0.310 e. The molecular weight excluding hydrogens is 627 g/mol. The number of hydrogen-bond donors (Lipinski definition) is 0. The van der Waals surface area contributed by atoms with Crippen LogP contribution in [0.5, 0.6) is 0 Å². The van der Waals surface area contributed by atoms with Crippen molar-refractivity contribution in [1.82, 2.24) is 0 Å². The lowest BCUT2D eigenvalue weighted by Crippen LogP contribution is -2.32. The summed E-state index contributed by atoms with van der Waals surface area (Å²) in [6, 6.07) is 65.4. The molecule has 52 heavy (non-hydrogen) atoms. The molecule has 1 nitrogen and oxygen atoms in total. The quantitative estimate of drug-likeness (QED) is 0.181. The first-order valence-corrected chi connectivity index (χ1v) is 18.4. The Morgan fingerprint density at radius 3 is 1.87 bits per heavy atom. The van der Waals surface area contributed by atoms with Gasteiger partial charge in [-0.25, -0.2) is 0 Å². The Balaban J connectivity index is 1.17. The first-order valence-electron chi connectivity index (χ1n) is 18.4. The van der Waals surface area contributed by atoms with Gasteiger partial charge in [-0.15, -0.1) is 0 Å². The van der Waals surface area contributed by atoms with Gasteiger partial charge in [0.05, 0.1) is 11.1 Å². The Morgan fingerprint density at radius 1 is 0.423 bits per heavy atom. The lowest BCUT2D eigenvalue weighted by molar-refractivity contribution is 0.465. The monoisotopic (exact) mass is 661 g/mol. The van der Waals surface area contributed by atoms with E-state index in [-0.39, 0.29) is 17.3 Å². The minimum Gasteiger partial charge on any atom is -0.310 e. The molecule has 0 aliphatic heterocycles. The van der Waals surface area contributed by atoms with Gasteiger partial charge >= 0.3 is 0 Å². The van der Waals surface area contributed by atoms with Gasteiger partial charge < -0.3 is 4.90 Å². The van der Waals surface area contributed by atoms with Gasteiger partial charge in [-0.05, 0) is 97.1 Å². The van der Waals surface area contributed by atoms with E-state index in [2.05, 4.69) is 205 Å². The molecule has 0 fully saturated rings. The van der Waals surface area contributed by atoms with E-state index in [0.29, 0.717) is 0 Å². The molecule has 244 valence electrons. The molecule has 8 aromatic carbocycles. The smallest absolute Gasteiger partial charge is 0.0546 e. The highest BCUT2D eigenvalue weighted by Gasteiger charge is 2.57. The maximum Gasteiger partial charge on any atom is 0.0546 e. The van der Waals surface area contributed by atoms with Crippen LogP contribution in [0.1, 0.15) is 28.2 Å². The number of anilines is 3. The molecule has 0 saturated carbocycles. The van der Waals surface area contributed by atoms with Gasteiger partial charge in [0.1, 0.15) is 0 Å². The zero-order chi connectivity index (χ0) is 34.2. The summed E-state index contributed by atoms with van der Waals surface area (Å²) in [5.41, 5.74) is 14.1. The summed E-state index contributed by atoms with van der Waals surface area (Å²) < 4.78 is 0. The average molecular weight is 662 g/mol. The van der Waals surface area contributed by atoms with Crippen LogP contribution in [0.2, 0.25) is 0 Å². The van der Waals surface area contributed by atoms with Crippen LogP contribution in [0.15, 0.2) is 200 Å². The number of allylic oxidation sites excluding steroid dienone is 4. The third-order valence-corrected chi connectivity index (χ3v) is 11.9. The third-order valence-electron chi connectivity index (χ3n) is 11.9. The van der Waals surface area contributed by atoms with E-state index in [1.54, 1.807) is 0 Å². The zero-order valence-corrected chi connectivity index (χ0v) is 28.7. The normalized spacial score (nSPS) is 17.2. The molecule has 2 unspecified atom stereocenters. The number of fused-ring (bicyclic) bond motifs is 12. The summed E-state index contributed by atoms with van der Waals surface area (Å²) in [7, 11) is 0. The molecule has 8 aromatic rings. The molecular formula is C51H35N. The minimum absolute atomic E-state index is 0.245. The summed E-state index contributed by atoms with van der Waals surface area (Å²) in [6.07, 6.45) is 9.42. The lowest BCUT2D eigenvalue weighted by atomic mass is 9.65. The Hall–Kier alpha value is -6.44. The topological polar surface area (TPSA) is 3.24 Å². The fraction of sp³-hybridized carbons (Fsp3) is 0.0588. The average Bonchev–Trinajstić information content (AvgIpc) is 3.68. The number of para-hydroxylation sites is 1. The highest BCUT2D eigenvalue weighted by atomic mass is 15.1. The first-order chi connectivity index (χ1) is 25.8. The molecule has 3 aliphatic carbocycles. The number of hydrogen-bond acceptors (Lipinski definition) is 1. The van der Waals surface area contributed by atoms with Gasteiger partial charge in [-0.2, -0.15) is 0 Å². The van der Waals surface area contributed by atoms with Gasteiger partial charge in [-0.3, -0.25) is 0 Å². The van der Waals surface area contributed by atoms with E-state index >= 15 is 0 Å². The van der Waals surface area contributed by atoms with E-state index in [1.807, 2.05) is 0 Å². The SMILES string of the molecule is C1=CC2c3cc(N(c4ccccc4)c4cc(-c5cccc6ccccc56)cc5ccccc45)ccc3C3(c4ccccc4-c4ccccc43)C2C=C1. The third kappa shape index (κ3) is 4.05. The van der Waals surface area contributed by atoms with Crippen molar-refractivity contribution in [3.63, 3.8) is 0 Å². The summed E-state index contributed by atoms with van der Waals surface area (Å²) in [5, 5.41) is 4.97. The van der Waals surface area contributed by atoms with E-state index in [0.717, 1.165) is 5.69 Å². The Kier molecular flexibility index (Phi) is 6.36. The first kappa shape index (κ1) is 29.3. The fourth-order valence-electron chi connectivity index (χ4n) is 9.85. The molecule has 0 saturated heterocycles. The minimum atomic E-state index is -0.245. The molecule has 11 rings (SSSR count). The van der Waals surface area contributed by atoms with Crippen molar-refractivity contribution in [2.75, 3.05) is 4.90 Å². The van der Waals surface area contributed by atoms with Crippen LogP contribution in [-0.2, 0) is 5.41 Å². The van der Waals surface area contributed by atoms with E-state index < -0.39 is 0 Å². The molecule has 0 radical (unpaired) electrons. The molecule has 1 heteroatoms. The highest BCUT2D eigenvalue weighted by Crippen LogP contribution is 2.65. The predicted molar refractivity (Wildman–Crippen MR) is 218 cm³/mol. The Morgan fingerprint density at radius 2 is 1.06 bits per heavy atom. The van der Waals surface area contributed by atoms with Gasteiger partial charge in [-0.1, -0.05) is 164 Å². The van der Waals surface area contributed by atoms with Crippen LogP contribution in [0.4, 0.5) is 17.1 Å². The standard InChI is InChI=1S/C51H35N/c1-2-18-37(19-3-1)52(50-32-36(31-35-16-5-7-21-41(35)50)40-25-14-17-34-15-4-6-20-39(34)40)38-29-30-49-45(33-38)44-24-10-13-28-48(44)51(49)46-26-11-8-22-42(46)43-23-9-12-27-47(43)51/h1-33,44,48H. The van der Waals surface area contributed by atoms with Crippen molar-refractivity contribution in [1.29, 1.82) is 0 Å². The van der Waals surface area contributed by atoms with Crippen LogP contribution in [0.25, 0.3) is 43.8 Å². The molecule has 2 atom stereocenters. The van der Waals surface area contributed by atoms with Crippen molar-refractivity contribution in [2.45, 2.75) is 11.3 Å². The fourth-order valence-corrected chi connectivity index (χ4v) is 9.85. The van der Waals surface area contributed by atoms with Crippen LogP contribution >= 0.6 is 0 Å². The second kappa shape index (κ2) is 11.3. The van der Waals surface area contributed by atoms with Gasteiger partial charge in [0.2, 0.25) is 0 Å². The van der Waals surface area contributed by atoms with Gasteiger partial charge in [0, 0.05) is 28.6 Å². The van der Waals surface area contributed by atoms with Crippen LogP contribution in [0.3, 0.4) is 0 Å². The van der Waals surface area contributed by atoms with Crippen LogP contribution in [-0.4, -0.2) is 0 Å². The summed E-state index contributed by atoms with van der Waals surface area (Å²) in [5.74, 6) is 0.545. The van der Waals surface area contributed by atoms with E-state index in [9.17, 15) is 0 Å². The molecule has 3 aliphatic rings. The second-order valence-electron chi connectivity index (χ2n) is 14.4. The Bertz CT molecular complexity index is 2720. The number of nitrogens with zero attached hydrogens (tertiary/aromatic N) is 1. The molecule has 0 N–H and O–H groups in total. The molecule has 0 aromatic heterocycles. The van der Waals surface area contributed by atoms with Crippen molar-refractivity contribution >= 4 is 38.6 Å². The van der Waals surface area contributed by atoms with Crippen molar-refractivity contribution in [3.05, 3.63) is 222 Å². The van der Waals surface area contributed by atoms with Gasteiger partial charge in [0.25, 0.3) is 0 Å². The van der Waals surface area contributed by atoms with E-state index in [4.69, 9.17) is 0 Å². The van der Waals surface area contributed by atoms with Crippen molar-refractivity contribution < 1.29 is 0 Å². The summed E-state index contributed by atoms with van der Waals surface area (Å²) >= 11 is 0. The lowest BCUT2D eigenvalue weighted by Gasteiger charge is -2.36. The molecule has 0 heterocycles. The number of rotatable bonds is 4. The van der Waals surface area contributed by atoms with Crippen LogP contribution in [0, 0.1) is 5.92 Å². The maximum atomic E-state index is 2.50. The predicted octanol–water partition coefficient (Wildman–Crippen LogP) is 13.3. The summed E-state index contributed by atoms with van der Waals surface area (Å²) in [6.45, 7) is 0. The van der Waals surface area contributed by atoms with Crippen molar-refractivity contribution in [3.8, 4) is 22.3 Å². The second-order valence-corrected chi connectivity index (χ2v) is 14.4. The summed E-state index contributed by atoms with van der Waals surface area (Å²) in [4.78, 5) is 2.48. The van der Waals surface area contributed by atoms with Crippen LogP contribution < -0.4 is 4.90 Å². The maximum absolute atomic E-state index is 2.50. The van der Waals surface area contributed by atoms with E-state index in [1.165, 1.54) is 77.4 Å². The molecule has 1 spiro atoms. The Labute approximate surface area is 304 Å². The number of benzene rings is 8. The zero-order valence-electron chi connectivity index (χ0n) is 28.7.